The Morgan fingerprint density at radius 1 is 1.04 bits per heavy atom. The molecule has 3 rings (SSSR count). The number of hydrogen-bond donors (Lipinski definition) is 2. The van der Waals surface area contributed by atoms with Crippen molar-refractivity contribution in [2.45, 2.75) is 55.1 Å². The van der Waals surface area contributed by atoms with Gasteiger partial charge in [0.05, 0.1) is 35.2 Å². The van der Waals surface area contributed by atoms with E-state index in [1.807, 2.05) is 12.1 Å². The predicted octanol–water partition coefficient (Wildman–Crippen LogP) is 0.875. The number of hydrogen-bond acceptors (Lipinski definition) is 6. The lowest BCUT2D eigenvalue weighted by Crippen LogP contribution is -2.47. The van der Waals surface area contributed by atoms with Gasteiger partial charge in [0.2, 0.25) is 10.0 Å². The van der Waals surface area contributed by atoms with Gasteiger partial charge >= 0.3 is 0 Å². The SMILES string of the molecule is O=S1(=O)C[C@H](O)[C@@H](N(CCO)S(=O)(=O)c2ccc(C3CCCCC3)cc2)C1. The summed E-state index contributed by atoms with van der Waals surface area (Å²) < 4.78 is 50.7. The topological polar surface area (TPSA) is 112 Å². The Bertz CT molecular complexity index is 844. The van der Waals surface area contributed by atoms with Crippen LogP contribution in [0.4, 0.5) is 0 Å². The maximum atomic E-state index is 13.1. The molecule has 2 atom stereocenters. The highest BCUT2D eigenvalue weighted by atomic mass is 32.2. The van der Waals surface area contributed by atoms with Crippen molar-refractivity contribution in [2.75, 3.05) is 24.7 Å². The van der Waals surface area contributed by atoms with Crippen LogP contribution in [0.25, 0.3) is 0 Å². The van der Waals surface area contributed by atoms with Crippen molar-refractivity contribution >= 4 is 19.9 Å². The van der Waals surface area contributed by atoms with Crippen molar-refractivity contribution in [3.63, 3.8) is 0 Å². The minimum Gasteiger partial charge on any atom is -0.395 e. The quantitative estimate of drug-likeness (QED) is 0.710. The van der Waals surface area contributed by atoms with Crippen LogP contribution in [0.3, 0.4) is 0 Å². The molecule has 0 spiro atoms. The van der Waals surface area contributed by atoms with Crippen LogP contribution < -0.4 is 0 Å². The number of aliphatic hydroxyl groups excluding tert-OH is 2. The molecule has 0 bridgehead atoms. The summed E-state index contributed by atoms with van der Waals surface area (Å²) in [6.45, 7) is -0.716. The molecule has 152 valence electrons. The van der Waals surface area contributed by atoms with Gasteiger partial charge in [0.15, 0.2) is 9.84 Å². The number of sulfone groups is 1. The van der Waals surface area contributed by atoms with Gasteiger partial charge in [-0.15, -0.1) is 0 Å². The fraction of sp³-hybridized carbons (Fsp3) is 0.667. The van der Waals surface area contributed by atoms with Crippen LogP contribution in [0.5, 0.6) is 0 Å². The van der Waals surface area contributed by atoms with Crippen molar-refractivity contribution in [1.29, 1.82) is 0 Å². The molecule has 0 aromatic heterocycles. The van der Waals surface area contributed by atoms with Gasteiger partial charge in [-0.25, -0.2) is 16.8 Å². The highest BCUT2D eigenvalue weighted by Crippen LogP contribution is 2.33. The molecule has 9 heteroatoms. The predicted molar refractivity (Wildman–Crippen MR) is 102 cm³/mol. The number of rotatable bonds is 6. The van der Waals surface area contributed by atoms with Gasteiger partial charge in [-0.3, -0.25) is 0 Å². The first-order valence-electron chi connectivity index (χ1n) is 9.36. The lowest BCUT2D eigenvalue weighted by molar-refractivity contribution is 0.117. The summed E-state index contributed by atoms with van der Waals surface area (Å²) in [6, 6.07) is 5.65. The first kappa shape index (κ1) is 20.7. The Morgan fingerprint density at radius 3 is 2.19 bits per heavy atom. The second kappa shape index (κ2) is 8.16. The van der Waals surface area contributed by atoms with Gasteiger partial charge in [0, 0.05) is 6.54 Å². The normalized spacial score (nSPS) is 26.5. The molecule has 1 aliphatic heterocycles. The third-order valence-corrected chi connectivity index (χ3v) is 9.18. The summed E-state index contributed by atoms with van der Waals surface area (Å²) in [5.41, 5.74) is 1.12. The summed E-state index contributed by atoms with van der Waals surface area (Å²) in [5.74, 6) is -0.450. The van der Waals surface area contributed by atoms with E-state index in [0.717, 1.165) is 22.7 Å². The molecule has 27 heavy (non-hydrogen) atoms. The molecule has 1 saturated carbocycles. The molecule has 2 aliphatic rings. The van der Waals surface area contributed by atoms with Crippen molar-refractivity contribution < 1.29 is 27.0 Å². The van der Waals surface area contributed by atoms with Crippen LogP contribution in [-0.2, 0) is 19.9 Å². The average Bonchev–Trinajstić information content (AvgIpc) is 2.92. The van der Waals surface area contributed by atoms with Crippen molar-refractivity contribution in [1.82, 2.24) is 4.31 Å². The summed E-state index contributed by atoms with van der Waals surface area (Å²) in [7, 11) is -7.54. The Morgan fingerprint density at radius 2 is 1.67 bits per heavy atom. The molecule has 0 amide bonds. The summed E-state index contributed by atoms with van der Waals surface area (Å²) in [5, 5.41) is 19.4. The largest absolute Gasteiger partial charge is 0.395 e. The molecular formula is C18H27NO6S2. The van der Waals surface area contributed by atoms with E-state index in [0.29, 0.717) is 5.92 Å². The Balaban J connectivity index is 1.86. The zero-order valence-corrected chi connectivity index (χ0v) is 16.8. The molecule has 1 aromatic carbocycles. The monoisotopic (exact) mass is 417 g/mol. The molecular weight excluding hydrogens is 390 g/mol. The zero-order chi connectivity index (χ0) is 19.7. The standard InChI is InChI=1S/C18H27NO6S2/c20-11-10-19(17-12-26(22,23)13-18(17)21)27(24,25)16-8-6-15(7-9-16)14-4-2-1-3-5-14/h6-9,14,17-18,20-21H,1-5,10-13H2/t17-,18-/m0/s1. The maximum absolute atomic E-state index is 13.1. The molecule has 1 saturated heterocycles. The minimum absolute atomic E-state index is 0.0482. The van der Waals surface area contributed by atoms with Gasteiger partial charge < -0.3 is 10.2 Å². The highest BCUT2D eigenvalue weighted by molar-refractivity contribution is 7.92. The van der Waals surface area contributed by atoms with Crippen molar-refractivity contribution in [3.05, 3.63) is 29.8 Å². The molecule has 7 nitrogen and oxygen atoms in total. The average molecular weight is 418 g/mol. The number of benzene rings is 1. The third-order valence-electron chi connectivity index (χ3n) is 5.55. The van der Waals surface area contributed by atoms with Gasteiger partial charge in [-0.2, -0.15) is 4.31 Å². The van der Waals surface area contributed by atoms with Crippen LogP contribution in [0.2, 0.25) is 0 Å². The van der Waals surface area contributed by atoms with Gasteiger partial charge in [-0.1, -0.05) is 31.4 Å². The van der Waals surface area contributed by atoms with Crippen molar-refractivity contribution in [2.24, 2.45) is 0 Å². The third kappa shape index (κ3) is 4.54. The van der Waals surface area contributed by atoms with E-state index in [-0.39, 0.29) is 11.4 Å². The molecule has 0 unspecified atom stereocenters. The van der Waals surface area contributed by atoms with Gasteiger partial charge in [0.1, 0.15) is 0 Å². The molecule has 2 fully saturated rings. The Labute approximate surface area is 161 Å². The summed E-state index contributed by atoms with van der Waals surface area (Å²) in [6.07, 6.45) is 4.53. The fourth-order valence-electron chi connectivity index (χ4n) is 4.13. The van der Waals surface area contributed by atoms with Crippen LogP contribution >= 0.6 is 0 Å². The zero-order valence-electron chi connectivity index (χ0n) is 15.2. The fourth-order valence-corrected chi connectivity index (χ4v) is 7.67. The van der Waals surface area contributed by atoms with Crippen LogP contribution in [0, 0.1) is 0 Å². The first-order chi connectivity index (χ1) is 12.7. The molecule has 1 aliphatic carbocycles. The second-order valence-electron chi connectivity index (χ2n) is 7.45. The smallest absolute Gasteiger partial charge is 0.243 e. The number of nitrogens with zero attached hydrogens (tertiary/aromatic N) is 1. The number of aliphatic hydroxyl groups is 2. The summed E-state index contributed by atoms with van der Waals surface area (Å²) in [4.78, 5) is 0.0482. The van der Waals surface area contributed by atoms with Gasteiger partial charge in [-0.05, 0) is 36.5 Å². The van der Waals surface area contributed by atoms with Crippen molar-refractivity contribution in [3.8, 4) is 0 Å². The Hall–Kier alpha value is -1.00. The van der Waals surface area contributed by atoms with Crippen LogP contribution in [-0.4, -0.2) is 68.2 Å². The van der Waals surface area contributed by atoms with E-state index in [1.165, 1.54) is 19.3 Å². The van der Waals surface area contributed by atoms with Crippen LogP contribution in [0.1, 0.15) is 43.6 Å². The number of sulfonamides is 1. The van der Waals surface area contributed by atoms with E-state index in [9.17, 15) is 27.0 Å². The molecule has 1 aromatic rings. The van der Waals surface area contributed by atoms with Gasteiger partial charge in [0.25, 0.3) is 0 Å². The van der Waals surface area contributed by atoms with E-state index in [4.69, 9.17) is 0 Å². The van der Waals surface area contributed by atoms with E-state index < -0.39 is 50.1 Å². The van der Waals surface area contributed by atoms with E-state index in [2.05, 4.69) is 0 Å². The second-order valence-corrected chi connectivity index (χ2v) is 11.5. The van der Waals surface area contributed by atoms with Crippen LogP contribution in [0.15, 0.2) is 29.2 Å². The lowest BCUT2D eigenvalue weighted by Gasteiger charge is -2.29. The lowest BCUT2D eigenvalue weighted by atomic mass is 9.84. The maximum Gasteiger partial charge on any atom is 0.243 e. The molecule has 2 N–H and O–H groups in total. The Kier molecular flexibility index (Phi) is 6.27. The molecule has 1 heterocycles. The van der Waals surface area contributed by atoms with E-state index in [1.54, 1.807) is 12.1 Å². The first-order valence-corrected chi connectivity index (χ1v) is 12.6. The molecule has 0 radical (unpaired) electrons. The summed E-state index contributed by atoms with van der Waals surface area (Å²) >= 11 is 0. The minimum atomic E-state index is -4.03. The highest BCUT2D eigenvalue weighted by Gasteiger charge is 2.44. The van der Waals surface area contributed by atoms with E-state index >= 15 is 0 Å².